The first kappa shape index (κ1) is 39.8. The molecular formula is C34H61NO7. The molecule has 0 heterocycles. The zero-order valence-corrected chi connectivity index (χ0v) is 27.4. The molecule has 0 N–H and O–H groups in total. The molecule has 0 amide bonds. The molecule has 0 aromatic rings. The predicted molar refractivity (Wildman–Crippen MR) is 167 cm³/mol. The van der Waals surface area contributed by atoms with Crippen molar-refractivity contribution in [1.82, 2.24) is 0 Å². The van der Waals surface area contributed by atoms with E-state index in [0.717, 1.165) is 51.4 Å². The summed E-state index contributed by atoms with van der Waals surface area (Å²) in [5.41, 5.74) is 0. The minimum atomic E-state index is -1.13. The molecule has 8 heteroatoms. The molecule has 0 aliphatic carbocycles. The number of nitrogens with zero attached hydrogens (tertiary/aromatic N) is 1. The van der Waals surface area contributed by atoms with Crippen LogP contribution in [0.15, 0.2) is 24.3 Å². The maximum Gasteiger partial charge on any atom is 0.306 e. The molecule has 0 fully saturated rings. The van der Waals surface area contributed by atoms with Gasteiger partial charge in [0.05, 0.1) is 40.3 Å². The number of likely N-dealkylation sites (N-methyl/N-ethyl adjacent to an activating group) is 1. The van der Waals surface area contributed by atoms with Crippen LogP contribution in [-0.2, 0) is 28.6 Å². The zero-order valence-electron chi connectivity index (χ0n) is 27.4. The number of carbonyl (C=O) groups excluding carboxylic acids is 3. The number of unbranched alkanes of at least 4 members (excludes halogenated alkanes) is 10. The number of quaternary nitrogens is 1. The highest BCUT2D eigenvalue weighted by molar-refractivity contribution is 5.70. The lowest BCUT2D eigenvalue weighted by Crippen LogP contribution is -2.55. The van der Waals surface area contributed by atoms with Gasteiger partial charge in [0.2, 0.25) is 0 Å². The summed E-state index contributed by atoms with van der Waals surface area (Å²) in [6, 6.07) is -0.724. The van der Waals surface area contributed by atoms with E-state index in [0.29, 0.717) is 12.8 Å². The number of allylic oxidation sites excluding steroid dienone is 4. The van der Waals surface area contributed by atoms with E-state index in [1.807, 2.05) is 0 Å². The van der Waals surface area contributed by atoms with E-state index >= 15 is 0 Å². The van der Waals surface area contributed by atoms with Gasteiger partial charge >= 0.3 is 11.9 Å². The van der Waals surface area contributed by atoms with E-state index in [1.165, 1.54) is 38.5 Å². The molecule has 42 heavy (non-hydrogen) atoms. The fraction of sp³-hybridized carbons (Fsp3) is 0.794. The summed E-state index contributed by atoms with van der Waals surface area (Å²) in [6.07, 6.45) is 23.6. The SMILES string of the molecule is CC/C=C/C/C=C/CCCCC(=O)OCC(COCCC(C(=O)[O-])[N+](C)(C)C)OC(=O)CCCCCCCCCCC. The number of ether oxygens (including phenoxy) is 3. The fourth-order valence-corrected chi connectivity index (χ4v) is 4.52. The highest BCUT2D eigenvalue weighted by Crippen LogP contribution is 2.12. The maximum absolute atomic E-state index is 12.5. The normalized spacial score (nSPS) is 13.5. The van der Waals surface area contributed by atoms with Crippen molar-refractivity contribution in [2.45, 2.75) is 135 Å². The van der Waals surface area contributed by atoms with Gasteiger partial charge < -0.3 is 28.6 Å². The molecule has 0 radical (unpaired) electrons. The predicted octanol–water partition coefficient (Wildman–Crippen LogP) is 6.07. The number of carbonyl (C=O) groups is 3. The van der Waals surface area contributed by atoms with Crippen molar-refractivity contribution < 1.29 is 38.2 Å². The number of carboxylic acid groups (broad SMARTS) is 1. The van der Waals surface area contributed by atoms with Gasteiger partial charge in [-0.15, -0.1) is 0 Å². The van der Waals surface area contributed by atoms with Crippen molar-refractivity contribution in [3.05, 3.63) is 24.3 Å². The van der Waals surface area contributed by atoms with Gasteiger partial charge in [0, 0.05) is 19.3 Å². The Labute approximate surface area is 256 Å². The van der Waals surface area contributed by atoms with Gasteiger partial charge in [0.25, 0.3) is 0 Å². The Hall–Kier alpha value is -2.19. The Kier molecular flexibility index (Phi) is 25.1. The third-order valence-corrected chi connectivity index (χ3v) is 7.10. The minimum absolute atomic E-state index is 0.0327. The lowest BCUT2D eigenvalue weighted by molar-refractivity contribution is -0.889. The van der Waals surface area contributed by atoms with Crippen molar-refractivity contribution >= 4 is 17.9 Å². The van der Waals surface area contributed by atoms with Crippen LogP contribution in [0.25, 0.3) is 0 Å². The van der Waals surface area contributed by atoms with Gasteiger partial charge in [0.15, 0.2) is 6.10 Å². The summed E-state index contributed by atoms with van der Waals surface area (Å²) in [5.74, 6) is -1.79. The molecule has 244 valence electrons. The van der Waals surface area contributed by atoms with E-state index in [-0.39, 0.29) is 42.7 Å². The summed E-state index contributed by atoms with van der Waals surface area (Å²) >= 11 is 0. The first-order valence-electron chi connectivity index (χ1n) is 16.4. The van der Waals surface area contributed by atoms with Gasteiger partial charge in [-0.2, -0.15) is 0 Å². The monoisotopic (exact) mass is 595 g/mol. The number of hydrogen-bond donors (Lipinski definition) is 0. The van der Waals surface area contributed by atoms with Crippen molar-refractivity contribution in [1.29, 1.82) is 0 Å². The van der Waals surface area contributed by atoms with Crippen LogP contribution < -0.4 is 5.11 Å². The van der Waals surface area contributed by atoms with Gasteiger partial charge in [-0.05, 0) is 38.5 Å². The Balaban J connectivity index is 4.55. The summed E-state index contributed by atoms with van der Waals surface area (Å²) in [5, 5.41) is 11.5. The molecule has 0 aromatic carbocycles. The number of esters is 2. The maximum atomic E-state index is 12.5. The van der Waals surface area contributed by atoms with Gasteiger partial charge in [-0.1, -0.05) is 89.5 Å². The lowest BCUT2D eigenvalue weighted by atomic mass is 10.1. The summed E-state index contributed by atoms with van der Waals surface area (Å²) < 4.78 is 16.9. The summed E-state index contributed by atoms with van der Waals surface area (Å²) in [6.45, 7) is 4.44. The average Bonchev–Trinajstić information content (AvgIpc) is 2.92. The van der Waals surface area contributed by atoms with Crippen molar-refractivity contribution in [3.8, 4) is 0 Å². The molecule has 8 nitrogen and oxygen atoms in total. The fourth-order valence-electron chi connectivity index (χ4n) is 4.52. The number of aliphatic carboxylic acids is 1. The number of carboxylic acids is 1. The molecule has 0 saturated carbocycles. The number of hydrogen-bond acceptors (Lipinski definition) is 7. The molecule has 0 aliphatic rings. The third-order valence-electron chi connectivity index (χ3n) is 7.10. The van der Waals surface area contributed by atoms with E-state index < -0.39 is 18.1 Å². The summed E-state index contributed by atoms with van der Waals surface area (Å²) in [4.78, 5) is 36.3. The molecule has 2 unspecified atom stereocenters. The van der Waals surface area contributed by atoms with Crippen LogP contribution in [0.4, 0.5) is 0 Å². The smallest absolute Gasteiger partial charge is 0.306 e. The molecule has 0 saturated heterocycles. The van der Waals surface area contributed by atoms with Gasteiger partial charge in [-0.3, -0.25) is 9.59 Å². The minimum Gasteiger partial charge on any atom is -0.544 e. The van der Waals surface area contributed by atoms with Crippen LogP contribution in [0.2, 0.25) is 0 Å². The van der Waals surface area contributed by atoms with Crippen molar-refractivity contribution in [3.63, 3.8) is 0 Å². The average molecular weight is 596 g/mol. The Morgan fingerprint density at radius 2 is 1.33 bits per heavy atom. The molecular weight excluding hydrogens is 534 g/mol. The lowest BCUT2D eigenvalue weighted by Gasteiger charge is -2.34. The second-order valence-corrected chi connectivity index (χ2v) is 12.0. The van der Waals surface area contributed by atoms with E-state index in [4.69, 9.17) is 14.2 Å². The highest BCUT2D eigenvalue weighted by atomic mass is 16.6. The van der Waals surface area contributed by atoms with Crippen LogP contribution >= 0.6 is 0 Å². The van der Waals surface area contributed by atoms with Crippen LogP contribution in [0.1, 0.15) is 123 Å². The van der Waals surface area contributed by atoms with Gasteiger partial charge in [-0.25, -0.2) is 0 Å². The quantitative estimate of drug-likeness (QED) is 0.0468. The molecule has 2 atom stereocenters. The van der Waals surface area contributed by atoms with Crippen molar-refractivity contribution in [2.75, 3.05) is 41.0 Å². The first-order chi connectivity index (χ1) is 20.1. The second kappa shape index (κ2) is 26.4. The molecule has 0 aromatic heterocycles. The second-order valence-electron chi connectivity index (χ2n) is 12.0. The highest BCUT2D eigenvalue weighted by Gasteiger charge is 2.25. The van der Waals surface area contributed by atoms with E-state index in [9.17, 15) is 19.5 Å². The number of rotatable bonds is 28. The van der Waals surface area contributed by atoms with Crippen LogP contribution in [0.5, 0.6) is 0 Å². The Bertz CT molecular complexity index is 757. The van der Waals surface area contributed by atoms with Gasteiger partial charge in [0.1, 0.15) is 12.6 Å². The molecule has 0 aliphatic heterocycles. The molecule has 0 rings (SSSR count). The van der Waals surface area contributed by atoms with E-state index in [2.05, 4.69) is 38.2 Å². The van der Waals surface area contributed by atoms with Crippen LogP contribution in [-0.4, -0.2) is 75.5 Å². The molecule has 0 bridgehead atoms. The Morgan fingerprint density at radius 3 is 1.95 bits per heavy atom. The first-order valence-corrected chi connectivity index (χ1v) is 16.4. The van der Waals surface area contributed by atoms with Crippen molar-refractivity contribution in [2.24, 2.45) is 0 Å². The zero-order chi connectivity index (χ0) is 31.5. The topological polar surface area (TPSA) is 102 Å². The third kappa shape index (κ3) is 24.4. The van der Waals surface area contributed by atoms with E-state index in [1.54, 1.807) is 21.1 Å². The molecule has 0 spiro atoms. The summed E-state index contributed by atoms with van der Waals surface area (Å²) in [7, 11) is 5.37. The largest absolute Gasteiger partial charge is 0.544 e. The Morgan fingerprint density at radius 1 is 0.738 bits per heavy atom. The standard InChI is InChI=1S/C34H61NO7/c1-6-8-10-12-14-16-18-20-22-24-32(36)41-29-30(28-40-27-26-31(34(38)39)35(3,4)5)42-33(37)25-23-21-19-17-15-13-11-9-7-2/h8,10,14,16,30-31H,6-7,9,11-13,15,17-29H2,1-5H3/b10-8+,16-14+. The van der Waals surface area contributed by atoms with Crippen LogP contribution in [0.3, 0.4) is 0 Å². The van der Waals surface area contributed by atoms with Crippen LogP contribution in [0, 0.1) is 0 Å².